The minimum absolute atomic E-state index is 0.0661. The second-order valence-corrected chi connectivity index (χ2v) is 7.31. The van der Waals surface area contributed by atoms with Gasteiger partial charge < -0.3 is 15.2 Å². The Kier molecular flexibility index (Phi) is 2.93. The lowest BCUT2D eigenvalue weighted by molar-refractivity contribution is 0.00882. The summed E-state index contributed by atoms with van der Waals surface area (Å²) in [6, 6.07) is 0. The van der Waals surface area contributed by atoms with Crippen molar-refractivity contribution in [1.29, 1.82) is 0 Å². The molecule has 2 aliphatic rings. The summed E-state index contributed by atoms with van der Waals surface area (Å²) in [6.07, 6.45) is 1.81. The van der Waals surface area contributed by atoms with E-state index in [1.165, 1.54) is 0 Å². The maximum Gasteiger partial charge on any atom is 0.408 e. The molecule has 0 unspecified atom stereocenters. The first kappa shape index (κ1) is 13.7. The van der Waals surface area contributed by atoms with E-state index in [4.69, 9.17) is 4.74 Å². The zero-order valence-electron chi connectivity index (χ0n) is 12.0. The van der Waals surface area contributed by atoms with Crippen LogP contribution in [0.4, 0.5) is 4.79 Å². The van der Waals surface area contributed by atoms with Gasteiger partial charge in [0.15, 0.2) is 0 Å². The Bertz CT molecular complexity index is 359. The molecule has 0 aliphatic heterocycles. The van der Waals surface area contributed by atoms with Gasteiger partial charge >= 0.3 is 6.09 Å². The minimum Gasteiger partial charge on any atom is -0.444 e. The molecule has 0 radical (unpaired) electrons. The number of hydrogen-bond donors (Lipinski definition) is 2. The van der Waals surface area contributed by atoms with Gasteiger partial charge in [-0.1, -0.05) is 13.8 Å². The molecular weight excluding hydrogens is 230 g/mol. The van der Waals surface area contributed by atoms with Gasteiger partial charge in [-0.05, 0) is 51.4 Å². The maximum atomic E-state index is 12.0. The number of rotatable bonds is 1. The van der Waals surface area contributed by atoms with Crippen LogP contribution in [0.15, 0.2) is 0 Å². The van der Waals surface area contributed by atoms with E-state index in [-0.39, 0.29) is 5.41 Å². The van der Waals surface area contributed by atoms with Crippen molar-refractivity contribution in [3.63, 3.8) is 0 Å². The Labute approximate surface area is 109 Å². The average molecular weight is 255 g/mol. The molecule has 2 N–H and O–H groups in total. The molecule has 2 rings (SSSR count). The zero-order valence-corrected chi connectivity index (χ0v) is 12.0. The quantitative estimate of drug-likeness (QED) is 0.756. The van der Waals surface area contributed by atoms with Crippen molar-refractivity contribution in [2.24, 2.45) is 11.3 Å². The first-order chi connectivity index (χ1) is 8.08. The summed E-state index contributed by atoms with van der Waals surface area (Å²) in [5, 5.41) is 13.3. The average Bonchev–Trinajstić information content (AvgIpc) is 2.47. The van der Waals surface area contributed by atoms with Crippen LogP contribution in [0.2, 0.25) is 0 Å². The minimum atomic E-state index is -0.514. The van der Waals surface area contributed by atoms with Crippen molar-refractivity contribution in [1.82, 2.24) is 5.32 Å². The molecule has 3 atom stereocenters. The summed E-state index contributed by atoms with van der Waals surface area (Å²) < 4.78 is 5.33. The van der Waals surface area contributed by atoms with Gasteiger partial charge in [-0.2, -0.15) is 0 Å². The topological polar surface area (TPSA) is 58.6 Å². The third kappa shape index (κ3) is 1.91. The molecule has 1 amide bonds. The summed E-state index contributed by atoms with van der Waals surface area (Å²) in [6.45, 7) is 9.81. The Hall–Kier alpha value is -0.770. The van der Waals surface area contributed by atoms with E-state index >= 15 is 0 Å². The van der Waals surface area contributed by atoms with Crippen molar-refractivity contribution in [2.45, 2.75) is 71.1 Å². The van der Waals surface area contributed by atoms with Crippen molar-refractivity contribution in [3.05, 3.63) is 0 Å². The van der Waals surface area contributed by atoms with Crippen molar-refractivity contribution >= 4 is 6.09 Å². The first-order valence-electron chi connectivity index (χ1n) is 6.78. The molecule has 18 heavy (non-hydrogen) atoms. The molecule has 4 heteroatoms. The highest BCUT2D eigenvalue weighted by atomic mass is 16.6. The largest absolute Gasteiger partial charge is 0.444 e. The monoisotopic (exact) mass is 255 g/mol. The number of fused-ring (bicyclic) bond motifs is 2. The van der Waals surface area contributed by atoms with Gasteiger partial charge in [-0.3, -0.25) is 0 Å². The van der Waals surface area contributed by atoms with E-state index in [9.17, 15) is 9.90 Å². The molecular formula is C14H25NO3. The molecule has 4 nitrogen and oxygen atoms in total. The lowest BCUT2D eigenvalue weighted by Gasteiger charge is -2.41. The highest BCUT2D eigenvalue weighted by Crippen LogP contribution is 2.60. The predicted molar refractivity (Wildman–Crippen MR) is 69.2 cm³/mol. The number of hydrogen-bond acceptors (Lipinski definition) is 3. The maximum absolute atomic E-state index is 12.0. The van der Waals surface area contributed by atoms with Crippen molar-refractivity contribution < 1.29 is 14.6 Å². The van der Waals surface area contributed by atoms with Gasteiger partial charge in [-0.25, -0.2) is 4.79 Å². The van der Waals surface area contributed by atoms with Crippen LogP contribution in [-0.2, 0) is 4.74 Å². The number of ether oxygens (including phenoxy) is 1. The smallest absolute Gasteiger partial charge is 0.408 e. The van der Waals surface area contributed by atoms with Crippen LogP contribution in [-0.4, -0.2) is 28.4 Å². The number of carbonyl (C=O) groups is 1. The number of aliphatic hydroxyl groups is 1. The van der Waals surface area contributed by atoms with Crippen molar-refractivity contribution in [2.75, 3.05) is 0 Å². The summed E-state index contributed by atoms with van der Waals surface area (Å²) >= 11 is 0. The van der Waals surface area contributed by atoms with Crippen LogP contribution in [0, 0.1) is 11.3 Å². The van der Waals surface area contributed by atoms with Gasteiger partial charge in [0.2, 0.25) is 0 Å². The SMILES string of the molecule is CC(C)(C)OC(=O)N[C@@]12CC[C@@H](C[C@@H]1O)C2(C)C. The molecule has 0 saturated heterocycles. The Morgan fingerprint density at radius 1 is 1.39 bits per heavy atom. The third-order valence-corrected chi connectivity index (χ3v) is 4.86. The molecule has 2 saturated carbocycles. The Morgan fingerprint density at radius 3 is 2.39 bits per heavy atom. The van der Waals surface area contributed by atoms with Gasteiger partial charge in [0.25, 0.3) is 0 Å². The molecule has 0 heterocycles. The highest BCUT2D eigenvalue weighted by Gasteiger charge is 2.64. The molecule has 2 aliphatic carbocycles. The summed E-state index contributed by atoms with van der Waals surface area (Å²) in [5.41, 5.74) is -1.09. The highest BCUT2D eigenvalue weighted by molar-refractivity contribution is 5.69. The van der Waals surface area contributed by atoms with Gasteiger partial charge in [0.05, 0.1) is 11.6 Å². The first-order valence-corrected chi connectivity index (χ1v) is 6.78. The molecule has 2 fully saturated rings. The van der Waals surface area contributed by atoms with Gasteiger partial charge in [-0.15, -0.1) is 0 Å². The Balaban J connectivity index is 2.14. The van der Waals surface area contributed by atoms with E-state index < -0.39 is 23.3 Å². The fourth-order valence-electron chi connectivity index (χ4n) is 3.72. The van der Waals surface area contributed by atoms with E-state index in [1.807, 2.05) is 20.8 Å². The standard InChI is InChI=1S/C14H25NO3/c1-12(2,3)18-11(17)15-14-7-6-9(8-10(14)16)13(14,4)5/h9-10,16H,6-8H2,1-5H3,(H,15,17)/t9-,10-,14-/m0/s1. The number of amides is 1. The molecule has 104 valence electrons. The molecule has 0 spiro atoms. The van der Waals surface area contributed by atoms with E-state index in [2.05, 4.69) is 19.2 Å². The van der Waals surface area contributed by atoms with Crippen LogP contribution in [0.5, 0.6) is 0 Å². The lowest BCUT2D eigenvalue weighted by atomic mass is 9.75. The normalized spacial score (nSPS) is 37.7. The van der Waals surface area contributed by atoms with Gasteiger partial charge in [0.1, 0.15) is 5.60 Å². The van der Waals surface area contributed by atoms with Crippen LogP contribution >= 0.6 is 0 Å². The number of alkyl carbamates (subject to hydrolysis) is 1. The predicted octanol–water partition coefficient (Wildman–Crippen LogP) is 2.45. The van der Waals surface area contributed by atoms with Crippen molar-refractivity contribution in [3.8, 4) is 0 Å². The van der Waals surface area contributed by atoms with Crippen LogP contribution in [0.3, 0.4) is 0 Å². The fourth-order valence-corrected chi connectivity index (χ4v) is 3.72. The second-order valence-electron chi connectivity index (χ2n) is 7.31. The second kappa shape index (κ2) is 3.86. The molecule has 0 aromatic heterocycles. The number of nitrogens with one attached hydrogen (secondary N) is 1. The molecule has 0 aromatic rings. The summed E-state index contributed by atoms with van der Waals surface area (Å²) in [5.74, 6) is 0.488. The Morgan fingerprint density at radius 2 is 2.00 bits per heavy atom. The van der Waals surface area contributed by atoms with Crippen LogP contribution in [0.25, 0.3) is 0 Å². The lowest BCUT2D eigenvalue weighted by Crippen LogP contribution is -2.60. The fraction of sp³-hybridized carbons (Fsp3) is 0.929. The number of carbonyl (C=O) groups excluding carboxylic acids is 1. The number of aliphatic hydroxyl groups excluding tert-OH is 1. The molecule has 2 bridgehead atoms. The molecule has 0 aromatic carbocycles. The van der Waals surface area contributed by atoms with Crippen LogP contribution < -0.4 is 5.32 Å². The summed E-state index contributed by atoms with van der Waals surface area (Å²) in [4.78, 5) is 12.0. The van der Waals surface area contributed by atoms with E-state index in [0.29, 0.717) is 5.92 Å². The van der Waals surface area contributed by atoms with E-state index in [0.717, 1.165) is 19.3 Å². The van der Waals surface area contributed by atoms with Crippen LogP contribution in [0.1, 0.15) is 53.9 Å². The zero-order chi connectivity index (χ0) is 13.8. The summed E-state index contributed by atoms with van der Waals surface area (Å²) in [7, 11) is 0. The van der Waals surface area contributed by atoms with E-state index in [1.54, 1.807) is 0 Å². The van der Waals surface area contributed by atoms with Gasteiger partial charge in [0, 0.05) is 0 Å². The third-order valence-electron chi connectivity index (χ3n) is 4.86.